The number of methoxy groups -OCH3 is 1. The van der Waals surface area contributed by atoms with Crippen LogP contribution in [0.3, 0.4) is 0 Å². The summed E-state index contributed by atoms with van der Waals surface area (Å²) in [5, 5.41) is 0. The van der Waals surface area contributed by atoms with E-state index >= 15 is 0 Å². The molecule has 58 valence electrons. The van der Waals surface area contributed by atoms with Crippen LogP contribution < -0.4 is 0 Å². The van der Waals surface area contributed by atoms with E-state index in [9.17, 15) is 4.79 Å². The van der Waals surface area contributed by atoms with Gasteiger partial charge in [-0.1, -0.05) is 0 Å². The van der Waals surface area contributed by atoms with Crippen LogP contribution in [0.5, 0.6) is 0 Å². The summed E-state index contributed by atoms with van der Waals surface area (Å²) in [7, 11) is 1.57. The van der Waals surface area contributed by atoms with Gasteiger partial charge >= 0.3 is 0 Å². The number of hydrogen-bond acceptors (Lipinski definition) is 3. The summed E-state index contributed by atoms with van der Waals surface area (Å²) < 4.78 is 10.0. The van der Waals surface area contributed by atoms with E-state index in [1.165, 1.54) is 0 Å². The van der Waals surface area contributed by atoms with E-state index in [0.29, 0.717) is 19.8 Å². The highest BCUT2D eigenvalue weighted by Crippen LogP contribution is 2.03. The fraction of sp³-hybridized carbons (Fsp3) is 0.833. The Morgan fingerprint density at radius 2 is 2.60 bits per heavy atom. The molecular formula is C6H11NO3. The van der Waals surface area contributed by atoms with Gasteiger partial charge in [-0.25, -0.2) is 0 Å². The summed E-state index contributed by atoms with van der Waals surface area (Å²) in [6.07, 6.45) is 0.600. The first kappa shape index (κ1) is 7.50. The first-order chi connectivity index (χ1) is 4.88. The van der Waals surface area contributed by atoms with Crippen molar-refractivity contribution in [2.75, 3.05) is 26.9 Å². The Labute approximate surface area is 59.7 Å². The molecule has 1 fully saturated rings. The second-order valence-corrected chi connectivity index (χ2v) is 2.11. The maximum absolute atomic E-state index is 10.3. The highest BCUT2D eigenvalue weighted by Gasteiger charge is 2.19. The molecule has 1 atom stereocenters. The monoisotopic (exact) mass is 145 g/mol. The molecular weight excluding hydrogens is 134 g/mol. The van der Waals surface area contributed by atoms with E-state index in [1.54, 1.807) is 12.0 Å². The summed E-state index contributed by atoms with van der Waals surface area (Å²) in [4.78, 5) is 11.9. The third-order valence-corrected chi connectivity index (χ3v) is 1.53. The molecule has 1 saturated heterocycles. The van der Waals surface area contributed by atoms with Gasteiger partial charge in [0.25, 0.3) is 0 Å². The molecule has 10 heavy (non-hydrogen) atoms. The van der Waals surface area contributed by atoms with Crippen LogP contribution in [0.15, 0.2) is 0 Å². The molecule has 0 aromatic rings. The van der Waals surface area contributed by atoms with Gasteiger partial charge in [0, 0.05) is 13.7 Å². The molecule has 1 amide bonds. The summed E-state index contributed by atoms with van der Waals surface area (Å²) >= 11 is 0. The quantitative estimate of drug-likeness (QED) is 0.489. The van der Waals surface area contributed by atoms with Crippen LogP contribution in [0.2, 0.25) is 0 Å². The van der Waals surface area contributed by atoms with Crippen LogP contribution in [0.25, 0.3) is 0 Å². The van der Waals surface area contributed by atoms with Gasteiger partial charge in [-0.2, -0.15) is 0 Å². The molecule has 0 aromatic heterocycles. The van der Waals surface area contributed by atoms with Gasteiger partial charge in [-0.05, 0) is 0 Å². The highest BCUT2D eigenvalue weighted by molar-refractivity contribution is 5.47. The number of hydrogen-bond donors (Lipinski definition) is 0. The highest BCUT2D eigenvalue weighted by atomic mass is 16.5. The predicted molar refractivity (Wildman–Crippen MR) is 34.4 cm³/mol. The molecule has 0 bridgehead atoms. The SMILES string of the molecule is CO[C@@H]1COCCN1C=O. The summed E-state index contributed by atoms with van der Waals surface area (Å²) in [5.74, 6) is 0. The van der Waals surface area contributed by atoms with Gasteiger partial charge in [-0.15, -0.1) is 0 Å². The Kier molecular flexibility index (Phi) is 2.65. The predicted octanol–water partition coefficient (Wildman–Crippen LogP) is -0.552. The summed E-state index contributed by atoms with van der Waals surface area (Å²) in [6.45, 7) is 1.72. The van der Waals surface area contributed by atoms with Crippen molar-refractivity contribution in [2.24, 2.45) is 0 Å². The van der Waals surface area contributed by atoms with E-state index in [0.717, 1.165) is 6.41 Å². The van der Waals surface area contributed by atoms with Gasteiger partial charge in [0.05, 0.1) is 13.2 Å². The lowest BCUT2D eigenvalue weighted by Gasteiger charge is -2.30. The molecule has 1 heterocycles. The Hall–Kier alpha value is -0.610. The lowest BCUT2D eigenvalue weighted by molar-refractivity contribution is -0.150. The number of rotatable bonds is 2. The van der Waals surface area contributed by atoms with E-state index in [2.05, 4.69) is 0 Å². The number of morpholine rings is 1. The van der Waals surface area contributed by atoms with Crippen molar-refractivity contribution in [3.63, 3.8) is 0 Å². The minimum absolute atomic E-state index is 0.189. The van der Waals surface area contributed by atoms with Crippen molar-refractivity contribution in [1.82, 2.24) is 4.90 Å². The smallest absolute Gasteiger partial charge is 0.211 e. The van der Waals surface area contributed by atoms with Gasteiger partial charge in [-0.3, -0.25) is 4.79 Å². The van der Waals surface area contributed by atoms with Crippen molar-refractivity contribution in [3.05, 3.63) is 0 Å². The first-order valence-corrected chi connectivity index (χ1v) is 3.20. The maximum Gasteiger partial charge on any atom is 0.211 e. The van der Waals surface area contributed by atoms with E-state index < -0.39 is 0 Å². The van der Waals surface area contributed by atoms with E-state index in [-0.39, 0.29) is 6.23 Å². The standard InChI is InChI=1S/C6H11NO3/c1-9-6-4-10-3-2-7(6)5-8/h5-6H,2-4H2,1H3/t6-/m1/s1. The zero-order valence-electron chi connectivity index (χ0n) is 5.95. The lowest BCUT2D eigenvalue weighted by Crippen LogP contribution is -2.45. The second kappa shape index (κ2) is 3.53. The van der Waals surface area contributed by atoms with Crippen LogP contribution in [-0.2, 0) is 14.3 Å². The maximum atomic E-state index is 10.3. The van der Waals surface area contributed by atoms with Crippen molar-refractivity contribution < 1.29 is 14.3 Å². The number of carbonyl (C=O) groups excluding carboxylic acids is 1. The zero-order chi connectivity index (χ0) is 7.40. The van der Waals surface area contributed by atoms with Crippen LogP contribution in [0, 0.1) is 0 Å². The van der Waals surface area contributed by atoms with Crippen LogP contribution in [0.4, 0.5) is 0 Å². The third kappa shape index (κ3) is 1.46. The molecule has 0 aromatic carbocycles. The molecule has 0 radical (unpaired) electrons. The minimum Gasteiger partial charge on any atom is -0.375 e. The lowest BCUT2D eigenvalue weighted by atomic mass is 10.4. The Morgan fingerprint density at radius 1 is 1.80 bits per heavy atom. The largest absolute Gasteiger partial charge is 0.375 e. The van der Waals surface area contributed by atoms with Crippen molar-refractivity contribution in [3.8, 4) is 0 Å². The Morgan fingerprint density at radius 3 is 3.10 bits per heavy atom. The van der Waals surface area contributed by atoms with Crippen LogP contribution in [0.1, 0.15) is 0 Å². The average Bonchev–Trinajstić information content (AvgIpc) is 2.04. The van der Waals surface area contributed by atoms with Crippen molar-refractivity contribution in [1.29, 1.82) is 0 Å². The zero-order valence-corrected chi connectivity index (χ0v) is 5.95. The van der Waals surface area contributed by atoms with E-state index in [1.807, 2.05) is 0 Å². The summed E-state index contributed by atoms with van der Waals surface area (Å²) in [5.41, 5.74) is 0. The van der Waals surface area contributed by atoms with Crippen molar-refractivity contribution in [2.45, 2.75) is 6.23 Å². The molecule has 1 aliphatic heterocycles. The number of carbonyl (C=O) groups is 1. The summed E-state index contributed by atoms with van der Waals surface area (Å²) in [6, 6.07) is 0. The molecule has 4 nitrogen and oxygen atoms in total. The van der Waals surface area contributed by atoms with Gasteiger partial charge < -0.3 is 14.4 Å². The molecule has 0 N–H and O–H groups in total. The number of ether oxygens (including phenoxy) is 2. The Balaban J connectivity index is 2.41. The molecule has 0 aliphatic carbocycles. The second-order valence-electron chi connectivity index (χ2n) is 2.11. The fourth-order valence-corrected chi connectivity index (χ4v) is 0.918. The van der Waals surface area contributed by atoms with Crippen LogP contribution >= 0.6 is 0 Å². The van der Waals surface area contributed by atoms with Crippen molar-refractivity contribution >= 4 is 6.41 Å². The molecule has 1 aliphatic rings. The number of nitrogens with zero attached hydrogens (tertiary/aromatic N) is 1. The van der Waals surface area contributed by atoms with Gasteiger partial charge in [0.1, 0.15) is 0 Å². The van der Waals surface area contributed by atoms with Gasteiger partial charge in [0.15, 0.2) is 6.23 Å². The fourth-order valence-electron chi connectivity index (χ4n) is 0.918. The number of amides is 1. The average molecular weight is 145 g/mol. The molecule has 0 spiro atoms. The molecule has 0 unspecified atom stereocenters. The molecule has 1 rings (SSSR count). The molecule has 0 saturated carbocycles. The van der Waals surface area contributed by atoms with Crippen LogP contribution in [-0.4, -0.2) is 44.4 Å². The third-order valence-electron chi connectivity index (χ3n) is 1.53. The molecule has 4 heteroatoms. The first-order valence-electron chi connectivity index (χ1n) is 3.20. The topological polar surface area (TPSA) is 38.8 Å². The Bertz CT molecular complexity index is 118. The normalized spacial score (nSPS) is 26.5. The minimum atomic E-state index is -0.189. The van der Waals surface area contributed by atoms with E-state index in [4.69, 9.17) is 9.47 Å². The van der Waals surface area contributed by atoms with Gasteiger partial charge in [0.2, 0.25) is 6.41 Å².